The smallest absolute Gasteiger partial charge is 0.244 e. The van der Waals surface area contributed by atoms with Crippen molar-refractivity contribution < 1.29 is 4.79 Å². The van der Waals surface area contributed by atoms with Gasteiger partial charge in [0.1, 0.15) is 6.54 Å². The van der Waals surface area contributed by atoms with Crippen molar-refractivity contribution in [3.8, 4) is 0 Å². The molecule has 0 aromatic carbocycles. The van der Waals surface area contributed by atoms with Crippen LogP contribution in [0.5, 0.6) is 0 Å². The van der Waals surface area contributed by atoms with Crippen molar-refractivity contribution in [2.24, 2.45) is 0 Å². The van der Waals surface area contributed by atoms with Gasteiger partial charge >= 0.3 is 0 Å². The van der Waals surface area contributed by atoms with Crippen LogP contribution in [0.25, 0.3) is 0 Å². The quantitative estimate of drug-likeness (QED) is 0.850. The van der Waals surface area contributed by atoms with Gasteiger partial charge in [0, 0.05) is 18.9 Å². The predicted octanol–water partition coefficient (Wildman–Crippen LogP) is 2.31. The van der Waals surface area contributed by atoms with Gasteiger partial charge in [0.25, 0.3) is 0 Å². The average Bonchev–Trinajstić information content (AvgIpc) is 3.11. The molecule has 3 rings (SSSR count). The minimum Gasteiger partial charge on any atom is -0.334 e. The number of nitrogens with zero attached hydrogens (tertiary/aromatic N) is 3. The minimum absolute atomic E-state index is 0.160. The number of amides is 1. The fourth-order valence-corrected chi connectivity index (χ4v) is 3.21. The summed E-state index contributed by atoms with van der Waals surface area (Å²) in [5.41, 5.74) is 1.27. The zero-order valence-electron chi connectivity index (χ0n) is 10.0. The lowest BCUT2D eigenvalue weighted by molar-refractivity contribution is -0.133. The number of likely N-dealkylation sites (tertiary alicyclic amines) is 1. The van der Waals surface area contributed by atoms with E-state index in [9.17, 15) is 4.79 Å². The molecule has 5 heteroatoms. The van der Waals surface area contributed by atoms with Gasteiger partial charge in [-0.15, -0.1) is 0 Å². The Balaban J connectivity index is 1.73. The molecule has 1 fully saturated rings. The van der Waals surface area contributed by atoms with E-state index >= 15 is 0 Å². The Kier molecular flexibility index (Phi) is 3.15. The number of hydrogen-bond acceptors (Lipinski definition) is 3. The maximum Gasteiger partial charge on any atom is 0.244 e. The van der Waals surface area contributed by atoms with Crippen molar-refractivity contribution in [1.82, 2.24) is 14.7 Å². The first-order valence-corrected chi connectivity index (χ1v) is 7.08. The highest BCUT2D eigenvalue weighted by Gasteiger charge is 2.30. The summed E-state index contributed by atoms with van der Waals surface area (Å²) in [5.74, 6) is 0.160. The summed E-state index contributed by atoms with van der Waals surface area (Å²) in [7, 11) is 0. The lowest BCUT2D eigenvalue weighted by atomic mass is 10.1. The van der Waals surface area contributed by atoms with Gasteiger partial charge in [-0.05, 0) is 41.3 Å². The van der Waals surface area contributed by atoms with E-state index in [0.717, 1.165) is 19.4 Å². The van der Waals surface area contributed by atoms with Crippen molar-refractivity contribution in [2.75, 3.05) is 6.54 Å². The fourth-order valence-electron chi connectivity index (χ4n) is 2.50. The largest absolute Gasteiger partial charge is 0.334 e. The third-order valence-electron chi connectivity index (χ3n) is 3.36. The highest BCUT2D eigenvalue weighted by atomic mass is 32.1. The molecule has 18 heavy (non-hydrogen) atoms. The van der Waals surface area contributed by atoms with Gasteiger partial charge in [0.05, 0.1) is 6.04 Å². The number of aromatic nitrogens is 2. The second-order valence-corrected chi connectivity index (χ2v) is 5.29. The van der Waals surface area contributed by atoms with E-state index in [0.29, 0.717) is 6.54 Å². The van der Waals surface area contributed by atoms with Crippen LogP contribution < -0.4 is 0 Å². The van der Waals surface area contributed by atoms with Crippen LogP contribution >= 0.6 is 11.3 Å². The zero-order chi connectivity index (χ0) is 12.4. The Morgan fingerprint density at radius 2 is 2.50 bits per heavy atom. The number of thiophene rings is 1. The first kappa shape index (κ1) is 11.5. The van der Waals surface area contributed by atoms with Crippen molar-refractivity contribution in [1.29, 1.82) is 0 Å². The number of hydrogen-bond donors (Lipinski definition) is 0. The molecule has 1 aliphatic rings. The highest BCUT2D eigenvalue weighted by molar-refractivity contribution is 7.07. The molecule has 2 aromatic rings. The van der Waals surface area contributed by atoms with Gasteiger partial charge in [-0.2, -0.15) is 16.4 Å². The molecular weight excluding hydrogens is 246 g/mol. The number of carbonyl (C=O) groups is 1. The third-order valence-corrected chi connectivity index (χ3v) is 4.06. The van der Waals surface area contributed by atoms with Crippen LogP contribution in [0.15, 0.2) is 35.3 Å². The van der Waals surface area contributed by atoms with Gasteiger partial charge in [-0.1, -0.05) is 0 Å². The summed E-state index contributed by atoms with van der Waals surface area (Å²) < 4.78 is 1.69. The molecule has 94 valence electrons. The van der Waals surface area contributed by atoms with E-state index < -0.39 is 0 Å². The topological polar surface area (TPSA) is 38.1 Å². The molecule has 0 bridgehead atoms. The minimum atomic E-state index is 0.160. The molecule has 1 unspecified atom stereocenters. The van der Waals surface area contributed by atoms with E-state index in [4.69, 9.17) is 0 Å². The van der Waals surface area contributed by atoms with E-state index in [2.05, 4.69) is 21.9 Å². The van der Waals surface area contributed by atoms with Crippen LogP contribution in [0.3, 0.4) is 0 Å². The molecule has 1 amide bonds. The maximum atomic E-state index is 12.3. The Morgan fingerprint density at radius 3 is 3.22 bits per heavy atom. The van der Waals surface area contributed by atoms with Crippen LogP contribution in [0.4, 0.5) is 0 Å². The summed E-state index contributed by atoms with van der Waals surface area (Å²) in [6.45, 7) is 1.20. The summed E-state index contributed by atoms with van der Waals surface area (Å²) in [6.07, 6.45) is 5.69. The van der Waals surface area contributed by atoms with E-state index in [1.807, 2.05) is 17.2 Å². The Labute approximate surface area is 110 Å². The SMILES string of the molecule is O=C(Cn1cccn1)N1CCCC1c1ccsc1. The molecule has 4 nitrogen and oxygen atoms in total. The first-order chi connectivity index (χ1) is 8.84. The standard InChI is InChI=1S/C13H15N3OS/c17-13(9-15-6-2-5-14-15)16-7-1-3-12(16)11-4-8-18-10-11/h2,4-6,8,10,12H,1,3,7,9H2. The lowest BCUT2D eigenvalue weighted by Gasteiger charge is -2.24. The van der Waals surface area contributed by atoms with Gasteiger partial charge in [0.15, 0.2) is 0 Å². The van der Waals surface area contributed by atoms with Gasteiger partial charge in [-0.25, -0.2) is 0 Å². The van der Waals surface area contributed by atoms with E-state index in [1.165, 1.54) is 5.56 Å². The maximum absolute atomic E-state index is 12.3. The van der Waals surface area contributed by atoms with E-state index in [-0.39, 0.29) is 11.9 Å². The van der Waals surface area contributed by atoms with Crippen molar-refractivity contribution >= 4 is 17.2 Å². The molecule has 1 aliphatic heterocycles. The molecule has 0 N–H and O–H groups in total. The molecule has 0 radical (unpaired) electrons. The Hall–Kier alpha value is -1.62. The molecule has 1 saturated heterocycles. The van der Waals surface area contributed by atoms with Crippen LogP contribution in [0.2, 0.25) is 0 Å². The molecule has 0 saturated carbocycles. The fraction of sp³-hybridized carbons (Fsp3) is 0.385. The van der Waals surface area contributed by atoms with Crippen molar-refractivity contribution in [3.63, 3.8) is 0 Å². The summed E-state index contributed by atoms with van der Waals surface area (Å²) in [5, 5.41) is 8.30. The lowest BCUT2D eigenvalue weighted by Crippen LogP contribution is -2.33. The van der Waals surface area contributed by atoms with Crippen LogP contribution in [-0.4, -0.2) is 27.1 Å². The monoisotopic (exact) mass is 261 g/mol. The van der Waals surface area contributed by atoms with Gasteiger partial charge in [-0.3, -0.25) is 9.48 Å². The molecule has 3 heterocycles. The number of carbonyl (C=O) groups excluding carboxylic acids is 1. The molecule has 0 aliphatic carbocycles. The second kappa shape index (κ2) is 4.94. The molecule has 0 spiro atoms. The second-order valence-electron chi connectivity index (χ2n) is 4.51. The van der Waals surface area contributed by atoms with Gasteiger partial charge < -0.3 is 4.90 Å². The van der Waals surface area contributed by atoms with Gasteiger partial charge in [0.2, 0.25) is 5.91 Å². The summed E-state index contributed by atoms with van der Waals surface area (Å²) in [4.78, 5) is 14.3. The summed E-state index contributed by atoms with van der Waals surface area (Å²) >= 11 is 1.69. The summed E-state index contributed by atoms with van der Waals surface area (Å²) in [6, 6.07) is 4.22. The van der Waals surface area contributed by atoms with Crippen molar-refractivity contribution in [3.05, 3.63) is 40.8 Å². The first-order valence-electron chi connectivity index (χ1n) is 6.13. The third kappa shape index (κ3) is 2.18. The Bertz CT molecular complexity index is 506. The Morgan fingerprint density at radius 1 is 1.56 bits per heavy atom. The molecule has 1 atom stereocenters. The van der Waals surface area contributed by atoms with Crippen LogP contribution in [0.1, 0.15) is 24.4 Å². The molecular formula is C13H15N3OS. The average molecular weight is 261 g/mol. The molecule has 2 aromatic heterocycles. The predicted molar refractivity (Wildman–Crippen MR) is 70.2 cm³/mol. The van der Waals surface area contributed by atoms with Crippen LogP contribution in [-0.2, 0) is 11.3 Å². The highest BCUT2D eigenvalue weighted by Crippen LogP contribution is 2.33. The normalized spacial score (nSPS) is 19.3. The number of rotatable bonds is 3. The van der Waals surface area contributed by atoms with Crippen molar-refractivity contribution in [2.45, 2.75) is 25.4 Å². The zero-order valence-corrected chi connectivity index (χ0v) is 10.8. The van der Waals surface area contributed by atoms with Crippen LogP contribution in [0, 0.1) is 0 Å². The van der Waals surface area contributed by atoms with E-state index in [1.54, 1.807) is 22.2 Å².